The molecule has 116 valence electrons. The maximum absolute atomic E-state index is 12.5. The summed E-state index contributed by atoms with van der Waals surface area (Å²) in [6.07, 6.45) is 0. The van der Waals surface area contributed by atoms with Gasteiger partial charge in [0.1, 0.15) is 4.90 Å². The van der Waals surface area contributed by atoms with E-state index in [1.165, 1.54) is 24.5 Å². The fourth-order valence-electron chi connectivity index (χ4n) is 2.12. The van der Waals surface area contributed by atoms with Crippen molar-refractivity contribution in [3.8, 4) is 9.75 Å². The van der Waals surface area contributed by atoms with Crippen LogP contribution in [-0.2, 0) is 19.6 Å². The van der Waals surface area contributed by atoms with Crippen LogP contribution < -0.4 is 0 Å². The molecule has 1 aliphatic heterocycles. The van der Waals surface area contributed by atoms with Crippen LogP contribution in [0.1, 0.15) is 4.88 Å². The number of hydrogen-bond acceptors (Lipinski definition) is 7. The van der Waals surface area contributed by atoms with Crippen molar-refractivity contribution >= 4 is 44.4 Å². The summed E-state index contributed by atoms with van der Waals surface area (Å²) in [5, 5.41) is 12.2. The molecule has 0 saturated carbocycles. The largest absolute Gasteiger partial charge is 0.504 e. The Morgan fingerprint density at radius 2 is 2.09 bits per heavy atom. The lowest BCUT2D eigenvalue weighted by atomic mass is 10.3. The van der Waals surface area contributed by atoms with Gasteiger partial charge in [0.25, 0.3) is 10.0 Å². The molecule has 9 heteroatoms. The molecule has 0 aliphatic carbocycles. The molecule has 0 unspecified atom stereocenters. The molecule has 0 atom stereocenters. The van der Waals surface area contributed by atoms with Crippen LogP contribution in [0.15, 0.2) is 34.2 Å². The summed E-state index contributed by atoms with van der Waals surface area (Å²) < 4.78 is 30.4. The van der Waals surface area contributed by atoms with Crippen molar-refractivity contribution in [3.05, 3.63) is 34.2 Å². The van der Waals surface area contributed by atoms with Gasteiger partial charge in [-0.2, -0.15) is 0 Å². The summed E-state index contributed by atoms with van der Waals surface area (Å²) in [5.74, 6) is -1.28. The Morgan fingerprint density at radius 1 is 1.36 bits per heavy atom. The van der Waals surface area contributed by atoms with E-state index in [0.717, 1.165) is 32.5 Å². The molecule has 0 amide bonds. The first kappa shape index (κ1) is 15.1. The molecule has 1 aliphatic rings. The highest BCUT2D eigenvalue weighted by Gasteiger charge is 2.40. The Hall–Kier alpha value is -1.84. The Balaban J connectivity index is 2.27. The summed E-state index contributed by atoms with van der Waals surface area (Å²) in [4.78, 5) is 13.5. The Kier molecular flexibility index (Phi) is 3.50. The van der Waals surface area contributed by atoms with Crippen molar-refractivity contribution < 1.29 is 23.1 Å². The molecule has 0 radical (unpaired) electrons. The van der Waals surface area contributed by atoms with Crippen molar-refractivity contribution in [2.75, 3.05) is 14.2 Å². The van der Waals surface area contributed by atoms with Crippen molar-refractivity contribution in [2.24, 2.45) is 0 Å². The van der Waals surface area contributed by atoms with Gasteiger partial charge in [0.2, 0.25) is 0 Å². The molecule has 0 spiro atoms. The molecule has 3 rings (SSSR count). The third-order valence-electron chi connectivity index (χ3n) is 3.23. The molecule has 2 aromatic heterocycles. The first-order chi connectivity index (χ1) is 10.4. The molecule has 2 aromatic rings. The second kappa shape index (κ2) is 5.11. The van der Waals surface area contributed by atoms with Gasteiger partial charge >= 0.3 is 5.97 Å². The zero-order chi connectivity index (χ0) is 16.1. The number of nitrogens with zero attached hydrogens (tertiary/aromatic N) is 1. The Bertz CT molecular complexity index is 877. The highest BCUT2D eigenvalue weighted by Crippen LogP contribution is 2.44. The number of hydrogen-bond donors (Lipinski definition) is 1. The molecule has 0 saturated heterocycles. The molecule has 0 aromatic carbocycles. The second-order valence-corrected chi connectivity index (χ2v) is 8.38. The number of rotatable bonds is 2. The average molecular weight is 357 g/mol. The van der Waals surface area contributed by atoms with Crippen molar-refractivity contribution in [3.63, 3.8) is 0 Å². The van der Waals surface area contributed by atoms with E-state index in [1.807, 2.05) is 17.5 Å². The number of aliphatic hydroxyl groups excluding tert-OH is 1. The molecule has 0 bridgehead atoms. The summed E-state index contributed by atoms with van der Waals surface area (Å²) >= 11 is 2.59. The van der Waals surface area contributed by atoms with Gasteiger partial charge in [-0.3, -0.25) is 4.31 Å². The monoisotopic (exact) mass is 357 g/mol. The minimum absolute atomic E-state index is 0.00597. The zero-order valence-corrected chi connectivity index (χ0v) is 14.0. The molecular weight excluding hydrogens is 346 g/mol. The minimum atomic E-state index is -3.90. The fourth-order valence-corrected chi connectivity index (χ4v) is 5.75. The molecule has 1 N–H and O–H groups in total. The highest BCUT2D eigenvalue weighted by molar-refractivity contribution is 7.89. The van der Waals surface area contributed by atoms with E-state index in [-0.39, 0.29) is 21.2 Å². The van der Waals surface area contributed by atoms with Gasteiger partial charge in [-0.05, 0) is 17.5 Å². The number of carbonyl (C=O) groups excluding carboxylic acids is 1. The molecule has 0 fully saturated rings. The van der Waals surface area contributed by atoms with Crippen molar-refractivity contribution in [1.29, 1.82) is 0 Å². The van der Waals surface area contributed by atoms with Gasteiger partial charge in [-0.1, -0.05) is 6.07 Å². The fraction of sp³-hybridized carbons (Fsp3) is 0.154. The van der Waals surface area contributed by atoms with Gasteiger partial charge in [0.15, 0.2) is 11.5 Å². The first-order valence-electron chi connectivity index (χ1n) is 6.06. The number of aliphatic hydroxyl groups is 1. The van der Waals surface area contributed by atoms with Crippen molar-refractivity contribution in [2.45, 2.75) is 4.90 Å². The van der Waals surface area contributed by atoms with E-state index in [0.29, 0.717) is 0 Å². The number of esters is 1. The number of likely N-dealkylation sites (N-methyl/N-ethyl adjacent to an activating group) is 1. The summed E-state index contributed by atoms with van der Waals surface area (Å²) in [7, 11) is -1.56. The van der Waals surface area contributed by atoms with Crippen LogP contribution >= 0.6 is 22.7 Å². The van der Waals surface area contributed by atoms with Crippen LogP contribution in [-0.4, -0.2) is 38.0 Å². The molecule has 6 nitrogen and oxygen atoms in total. The van der Waals surface area contributed by atoms with E-state index in [4.69, 9.17) is 0 Å². The van der Waals surface area contributed by atoms with Gasteiger partial charge in [-0.25, -0.2) is 13.2 Å². The van der Waals surface area contributed by atoms with E-state index < -0.39 is 16.0 Å². The van der Waals surface area contributed by atoms with Gasteiger partial charge in [0.05, 0.1) is 12.0 Å². The van der Waals surface area contributed by atoms with Crippen LogP contribution in [0, 0.1) is 0 Å². The van der Waals surface area contributed by atoms with Gasteiger partial charge < -0.3 is 9.84 Å². The zero-order valence-electron chi connectivity index (χ0n) is 11.6. The maximum Gasteiger partial charge on any atom is 0.359 e. The number of fused-ring (bicyclic) bond motifs is 1. The molecule has 22 heavy (non-hydrogen) atoms. The smallest absolute Gasteiger partial charge is 0.359 e. The lowest BCUT2D eigenvalue weighted by Crippen LogP contribution is -2.34. The maximum atomic E-state index is 12.5. The third-order valence-corrected chi connectivity index (χ3v) is 7.35. The number of methoxy groups -OCH3 is 1. The Labute approximate surface area is 134 Å². The van der Waals surface area contributed by atoms with Crippen LogP contribution in [0.4, 0.5) is 0 Å². The lowest BCUT2D eigenvalue weighted by Gasteiger charge is -2.25. The predicted molar refractivity (Wildman–Crippen MR) is 84.1 cm³/mol. The van der Waals surface area contributed by atoms with Crippen LogP contribution in [0.2, 0.25) is 0 Å². The molecular formula is C13H11NO5S3. The topological polar surface area (TPSA) is 83.9 Å². The summed E-state index contributed by atoms with van der Waals surface area (Å²) in [5.41, 5.74) is -0.380. The Morgan fingerprint density at radius 3 is 2.68 bits per heavy atom. The van der Waals surface area contributed by atoms with E-state index in [9.17, 15) is 18.3 Å². The normalized spacial score (nSPS) is 16.5. The quantitative estimate of drug-likeness (QED) is 0.835. The summed E-state index contributed by atoms with van der Waals surface area (Å²) in [6, 6.07) is 5.23. The number of ether oxygens (including phenoxy) is 1. The van der Waals surface area contributed by atoms with Gasteiger partial charge in [-0.15, -0.1) is 22.7 Å². The number of sulfonamides is 1. The van der Waals surface area contributed by atoms with Crippen LogP contribution in [0.3, 0.4) is 0 Å². The standard InChI is InChI=1S/C13H11NO5S3/c1-14-10(13(16)19-2)11(15)12-9(22(14,17)18)6-8(21-12)7-4-3-5-20-7/h3-6,15H,1-2H3. The summed E-state index contributed by atoms with van der Waals surface area (Å²) in [6.45, 7) is 0. The SMILES string of the molecule is COC(=O)C1=C(O)c2sc(-c3cccs3)cc2S(=O)(=O)N1C. The average Bonchev–Trinajstić information content (AvgIpc) is 3.14. The van der Waals surface area contributed by atoms with Crippen LogP contribution in [0.5, 0.6) is 0 Å². The predicted octanol–water partition coefficient (Wildman–Crippen LogP) is 2.51. The second-order valence-electron chi connectivity index (χ2n) is 4.44. The lowest BCUT2D eigenvalue weighted by molar-refractivity contribution is -0.137. The third kappa shape index (κ3) is 2.04. The van der Waals surface area contributed by atoms with Gasteiger partial charge in [0, 0.05) is 16.8 Å². The van der Waals surface area contributed by atoms with E-state index >= 15 is 0 Å². The first-order valence-corrected chi connectivity index (χ1v) is 9.20. The van der Waals surface area contributed by atoms with Crippen molar-refractivity contribution in [1.82, 2.24) is 4.31 Å². The van der Waals surface area contributed by atoms with E-state index in [2.05, 4.69) is 4.74 Å². The molecule has 3 heterocycles. The number of carbonyl (C=O) groups is 1. The van der Waals surface area contributed by atoms with Crippen LogP contribution in [0.25, 0.3) is 15.5 Å². The van der Waals surface area contributed by atoms with E-state index in [1.54, 1.807) is 0 Å². The highest BCUT2D eigenvalue weighted by atomic mass is 32.2. The minimum Gasteiger partial charge on any atom is -0.504 e. The number of thiophene rings is 2.